The van der Waals surface area contributed by atoms with E-state index < -0.39 is 11.6 Å². The molecular weight excluding hydrogens is 424 g/mol. The van der Waals surface area contributed by atoms with Crippen molar-refractivity contribution < 1.29 is 18.3 Å². The van der Waals surface area contributed by atoms with Crippen LogP contribution in [-0.2, 0) is 13.0 Å². The van der Waals surface area contributed by atoms with Gasteiger partial charge in [0, 0.05) is 12.6 Å². The van der Waals surface area contributed by atoms with E-state index in [4.69, 9.17) is 14.9 Å². The highest BCUT2D eigenvalue weighted by Crippen LogP contribution is 2.36. The molecule has 0 saturated carbocycles. The Morgan fingerprint density at radius 1 is 1.10 bits per heavy atom. The minimum absolute atomic E-state index is 0.0556. The lowest BCUT2D eigenvalue weighted by atomic mass is 10.1. The molecule has 0 bridgehead atoms. The number of aromatic nitrogens is 4. The predicted octanol–water partition coefficient (Wildman–Crippen LogP) is 3.93. The number of aromatic amines is 1. The Balaban J connectivity index is 1.65. The molecule has 31 heavy (non-hydrogen) atoms. The van der Waals surface area contributed by atoms with Crippen LogP contribution >= 0.6 is 11.8 Å². The minimum Gasteiger partial charge on any atom is -0.497 e. The SMILES string of the molecule is COc1ccc(OC)c(Sc2nc3c([nH]2)c(=N)ncn3CCc2cc(F)cc(F)c2)c1. The zero-order chi connectivity index (χ0) is 22.0. The number of hydrogen-bond donors (Lipinski definition) is 2. The molecule has 4 rings (SSSR count). The number of hydrogen-bond acceptors (Lipinski definition) is 6. The highest BCUT2D eigenvalue weighted by atomic mass is 32.2. The van der Waals surface area contributed by atoms with Gasteiger partial charge in [0.2, 0.25) is 0 Å². The molecule has 0 aliphatic heterocycles. The maximum atomic E-state index is 13.5. The third-order valence-corrected chi connectivity index (χ3v) is 5.56. The van der Waals surface area contributed by atoms with Crippen LogP contribution in [0.25, 0.3) is 11.2 Å². The van der Waals surface area contributed by atoms with Crippen LogP contribution in [0.4, 0.5) is 8.78 Å². The number of aryl methyl sites for hydroxylation is 2. The van der Waals surface area contributed by atoms with Crippen molar-refractivity contribution in [2.45, 2.75) is 23.0 Å². The van der Waals surface area contributed by atoms with Gasteiger partial charge in [0.05, 0.1) is 25.4 Å². The highest BCUT2D eigenvalue weighted by Gasteiger charge is 2.14. The number of halogens is 2. The van der Waals surface area contributed by atoms with Crippen LogP contribution in [0.5, 0.6) is 11.5 Å². The second-order valence-corrected chi connectivity index (χ2v) is 7.70. The van der Waals surface area contributed by atoms with Crippen LogP contribution in [0.2, 0.25) is 0 Å². The van der Waals surface area contributed by atoms with Gasteiger partial charge in [-0.25, -0.2) is 18.7 Å². The number of methoxy groups -OCH3 is 2. The molecule has 2 heterocycles. The number of nitrogens with zero attached hydrogens (tertiary/aromatic N) is 3. The fourth-order valence-corrected chi connectivity index (χ4v) is 4.07. The molecule has 0 saturated heterocycles. The summed E-state index contributed by atoms with van der Waals surface area (Å²) >= 11 is 1.33. The number of imidazole rings is 1. The van der Waals surface area contributed by atoms with E-state index in [1.54, 1.807) is 30.9 Å². The summed E-state index contributed by atoms with van der Waals surface area (Å²) < 4.78 is 39.4. The average Bonchev–Trinajstić information content (AvgIpc) is 3.17. The maximum absolute atomic E-state index is 13.5. The second-order valence-electron chi connectivity index (χ2n) is 6.67. The largest absolute Gasteiger partial charge is 0.497 e. The average molecular weight is 443 g/mol. The Morgan fingerprint density at radius 2 is 1.87 bits per heavy atom. The van der Waals surface area contributed by atoms with Crippen LogP contribution in [0.15, 0.2) is 52.8 Å². The molecule has 0 amide bonds. The Labute approximate surface area is 180 Å². The topological polar surface area (TPSA) is 88.8 Å². The van der Waals surface area contributed by atoms with Gasteiger partial charge in [-0.15, -0.1) is 0 Å². The first-order chi connectivity index (χ1) is 15.0. The zero-order valence-corrected chi connectivity index (χ0v) is 17.6. The van der Waals surface area contributed by atoms with Crippen molar-refractivity contribution in [3.05, 3.63) is 65.4 Å². The predicted molar refractivity (Wildman–Crippen MR) is 111 cm³/mol. The summed E-state index contributed by atoms with van der Waals surface area (Å²) in [6.07, 6.45) is 1.88. The molecule has 160 valence electrons. The summed E-state index contributed by atoms with van der Waals surface area (Å²) in [6.45, 7) is 0.393. The van der Waals surface area contributed by atoms with Crippen LogP contribution in [0, 0.1) is 17.0 Å². The molecule has 2 aromatic heterocycles. The Morgan fingerprint density at radius 3 is 2.58 bits per heavy atom. The monoisotopic (exact) mass is 443 g/mol. The maximum Gasteiger partial charge on any atom is 0.173 e. The van der Waals surface area contributed by atoms with Crippen molar-refractivity contribution in [3.63, 3.8) is 0 Å². The number of rotatable bonds is 7. The fourth-order valence-electron chi connectivity index (χ4n) is 3.15. The van der Waals surface area contributed by atoms with Gasteiger partial charge in [0.25, 0.3) is 0 Å². The lowest BCUT2D eigenvalue weighted by Crippen LogP contribution is -2.13. The lowest BCUT2D eigenvalue weighted by Gasteiger charge is -2.08. The molecule has 10 heteroatoms. The van der Waals surface area contributed by atoms with Crippen LogP contribution < -0.4 is 15.0 Å². The molecule has 0 unspecified atom stereocenters. The fraction of sp³-hybridized carbons (Fsp3) is 0.190. The first-order valence-electron chi connectivity index (χ1n) is 9.31. The Hall–Kier alpha value is -3.40. The number of benzene rings is 2. The zero-order valence-electron chi connectivity index (χ0n) is 16.8. The first-order valence-corrected chi connectivity index (χ1v) is 10.1. The molecule has 0 aliphatic rings. The lowest BCUT2D eigenvalue weighted by molar-refractivity contribution is 0.394. The number of ether oxygens (including phenoxy) is 2. The molecule has 0 fully saturated rings. The van der Waals surface area contributed by atoms with E-state index >= 15 is 0 Å². The van der Waals surface area contributed by atoms with Crippen LogP contribution in [0.1, 0.15) is 5.56 Å². The smallest absolute Gasteiger partial charge is 0.173 e. The van der Waals surface area contributed by atoms with Crippen molar-refractivity contribution >= 4 is 22.9 Å². The van der Waals surface area contributed by atoms with Crippen molar-refractivity contribution in [2.24, 2.45) is 0 Å². The van der Waals surface area contributed by atoms with Gasteiger partial charge >= 0.3 is 0 Å². The van der Waals surface area contributed by atoms with E-state index in [1.165, 1.54) is 30.2 Å². The second kappa shape index (κ2) is 8.76. The summed E-state index contributed by atoms with van der Waals surface area (Å²) in [5.74, 6) is 0.113. The van der Waals surface area contributed by atoms with Crippen molar-refractivity contribution in [3.8, 4) is 11.5 Å². The molecule has 0 spiro atoms. The summed E-state index contributed by atoms with van der Waals surface area (Å²) in [4.78, 5) is 12.6. The molecular formula is C21H19F2N5O2S. The summed E-state index contributed by atoms with van der Waals surface area (Å²) in [5, 5.41) is 8.65. The van der Waals surface area contributed by atoms with Gasteiger partial charge in [-0.3, -0.25) is 5.41 Å². The normalized spacial score (nSPS) is 11.1. The van der Waals surface area contributed by atoms with Gasteiger partial charge in [0.15, 0.2) is 16.3 Å². The number of H-pyrrole nitrogens is 1. The van der Waals surface area contributed by atoms with E-state index in [1.807, 2.05) is 6.07 Å². The molecule has 0 atom stereocenters. The van der Waals surface area contributed by atoms with E-state index in [-0.39, 0.29) is 5.49 Å². The molecule has 7 nitrogen and oxygen atoms in total. The molecule has 2 aromatic carbocycles. The van der Waals surface area contributed by atoms with Gasteiger partial charge in [-0.05, 0) is 54.1 Å². The van der Waals surface area contributed by atoms with Gasteiger partial charge in [-0.1, -0.05) is 0 Å². The van der Waals surface area contributed by atoms with Crippen LogP contribution in [-0.4, -0.2) is 33.7 Å². The van der Waals surface area contributed by atoms with E-state index in [2.05, 4.69) is 15.0 Å². The highest BCUT2D eigenvalue weighted by molar-refractivity contribution is 7.99. The van der Waals surface area contributed by atoms with Crippen molar-refractivity contribution in [2.75, 3.05) is 14.2 Å². The third-order valence-electron chi connectivity index (χ3n) is 4.64. The quantitative estimate of drug-likeness (QED) is 0.452. The minimum atomic E-state index is -0.615. The van der Waals surface area contributed by atoms with Crippen molar-refractivity contribution in [1.29, 1.82) is 5.41 Å². The van der Waals surface area contributed by atoms with Gasteiger partial charge in [-0.2, -0.15) is 0 Å². The van der Waals surface area contributed by atoms with Crippen LogP contribution in [0.3, 0.4) is 0 Å². The summed E-state index contributed by atoms with van der Waals surface area (Å²) in [6, 6.07) is 8.89. The van der Waals surface area contributed by atoms with E-state index in [0.29, 0.717) is 46.3 Å². The Kier molecular flexibility index (Phi) is 5.90. The van der Waals surface area contributed by atoms with Gasteiger partial charge < -0.3 is 19.0 Å². The van der Waals surface area contributed by atoms with E-state index in [0.717, 1.165) is 11.0 Å². The third kappa shape index (κ3) is 4.53. The molecule has 0 aliphatic carbocycles. The first kappa shape index (κ1) is 20.9. The Bertz CT molecular complexity index is 1280. The molecule has 2 N–H and O–H groups in total. The number of nitrogens with one attached hydrogen (secondary N) is 2. The van der Waals surface area contributed by atoms with E-state index in [9.17, 15) is 8.78 Å². The van der Waals surface area contributed by atoms with Gasteiger partial charge in [0.1, 0.15) is 28.7 Å². The molecule has 0 radical (unpaired) electrons. The summed E-state index contributed by atoms with van der Waals surface area (Å²) in [7, 11) is 3.17. The summed E-state index contributed by atoms with van der Waals surface area (Å²) in [5.41, 5.74) is 1.58. The number of fused-ring (bicyclic) bond motifs is 1. The molecule has 4 aromatic rings. The standard InChI is InChI=1S/C21H19F2N5O2S/c1-29-15-3-4-16(30-2)17(10-15)31-21-26-18-19(24)25-11-28(20(18)27-21)6-5-12-7-13(22)9-14(23)8-12/h3-4,7-11,24H,5-6H2,1-2H3,(H,26,27). The van der Waals surface area contributed by atoms with Crippen molar-refractivity contribution in [1.82, 2.24) is 19.5 Å².